The summed E-state index contributed by atoms with van der Waals surface area (Å²) < 4.78 is 40.5. The number of anilines is 2. The highest BCUT2D eigenvalue weighted by molar-refractivity contribution is 5.78. The second kappa shape index (κ2) is 11.4. The van der Waals surface area contributed by atoms with Crippen molar-refractivity contribution in [2.45, 2.75) is 38.2 Å². The smallest absolute Gasteiger partial charge is 0.296 e. The van der Waals surface area contributed by atoms with E-state index in [1.54, 1.807) is 30.3 Å². The molecule has 10 nitrogen and oxygen atoms in total. The van der Waals surface area contributed by atoms with Crippen LogP contribution in [-0.4, -0.2) is 89.0 Å². The van der Waals surface area contributed by atoms with Gasteiger partial charge in [-0.05, 0) is 37.3 Å². The Labute approximate surface area is 225 Å². The molecule has 0 bridgehead atoms. The van der Waals surface area contributed by atoms with Crippen LogP contribution in [0.25, 0.3) is 16.9 Å². The molecule has 12 heteroatoms. The van der Waals surface area contributed by atoms with Gasteiger partial charge in [-0.1, -0.05) is 12.1 Å². The van der Waals surface area contributed by atoms with E-state index in [0.29, 0.717) is 80.3 Å². The number of fused-ring (bicyclic) bond motifs is 1. The van der Waals surface area contributed by atoms with Crippen molar-refractivity contribution in [3.8, 4) is 5.82 Å². The third-order valence-electron chi connectivity index (χ3n) is 7.70. The zero-order valence-corrected chi connectivity index (χ0v) is 21.8. The van der Waals surface area contributed by atoms with Crippen molar-refractivity contribution in [1.29, 1.82) is 0 Å². The number of alkyl halides is 2. The maximum Gasteiger partial charge on any atom is 0.296 e. The lowest BCUT2D eigenvalue weighted by atomic mass is 9.96. The maximum atomic E-state index is 14.1. The summed E-state index contributed by atoms with van der Waals surface area (Å²) in [4.78, 5) is 30.5. The lowest BCUT2D eigenvalue weighted by Gasteiger charge is -2.28. The van der Waals surface area contributed by atoms with Crippen LogP contribution in [0.15, 0.2) is 30.3 Å². The molecular weight excluding hydrogens is 508 g/mol. The number of aromatic nitrogens is 4. The third kappa shape index (κ3) is 5.67. The summed E-state index contributed by atoms with van der Waals surface area (Å²) in [5.74, 6) is 1.50. The number of imidazole rings is 1. The number of hydrogen-bond donors (Lipinski definition) is 1. The summed E-state index contributed by atoms with van der Waals surface area (Å²) in [7, 11) is 0. The fourth-order valence-electron chi connectivity index (χ4n) is 5.59. The maximum absolute atomic E-state index is 14.1. The molecule has 0 saturated carbocycles. The number of para-hydroxylation sites is 2. The van der Waals surface area contributed by atoms with Crippen LogP contribution in [0.5, 0.6) is 0 Å². The Bertz CT molecular complexity index is 1310. The average Bonchev–Trinajstić information content (AvgIpc) is 3.59. The van der Waals surface area contributed by atoms with Gasteiger partial charge in [0.15, 0.2) is 5.82 Å². The van der Waals surface area contributed by atoms with Crippen molar-refractivity contribution in [2.75, 3.05) is 62.8 Å². The zero-order valence-electron chi connectivity index (χ0n) is 21.8. The number of amides is 1. The molecule has 0 radical (unpaired) electrons. The molecule has 1 N–H and O–H groups in total. The molecule has 208 valence electrons. The number of morpholine rings is 1. The average molecular weight is 542 g/mol. The van der Waals surface area contributed by atoms with Crippen LogP contribution in [0.2, 0.25) is 0 Å². The second-order valence-electron chi connectivity index (χ2n) is 10.3. The summed E-state index contributed by atoms with van der Waals surface area (Å²) in [6.45, 7) is 4.99. The quantitative estimate of drug-likeness (QED) is 0.486. The van der Waals surface area contributed by atoms with Crippen molar-refractivity contribution in [1.82, 2.24) is 24.4 Å². The van der Waals surface area contributed by atoms with Crippen molar-refractivity contribution >= 4 is 28.7 Å². The van der Waals surface area contributed by atoms with Gasteiger partial charge in [-0.25, -0.2) is 13.8 Å². The Balaban J connectivity index is 1.27. The Hall–Kier alpha value is -3.38. The van der Waals surface area contributed by atoms with E-state index in [4.69, 9.17) is 19.4 Å². The molecule has 39 heavy (non-hydrogen) atoms. The van der Waals surface area contributed by atoms with Gasteiger partial charge in [-0.2, -0.15) is 9.97 Å². The number of nitrogens with zero attached hydrogens (tertiary/aromatic N) is 6. The number of hydrogen-bond acceptors (Lipinski definition) is 8. The first-order valence-corrected chi connectivity index (χ1v) is 13.6. The first-order chi connectivity index (χ1) is 19.0. The fraction of sp³-hybridized carbons (Fsp3) is 0.556. The van der Waals surface area contributed by atoms with Crippen molar-refractivity contribution < 1.29 is 23.0 Å². The molecular formula is C27H33F2N7O3. The molecule has 3 aliphatic heterocycles. The highest BCUT2D eigenvalue weighted by Crippen LogP contribution is 2.30. The number of ether oxygens (including phenoxy) is 2. The molecule has 3 aromatic rings. The van der Waals surface area contributed by atoms with Gasteiger partial charge in [0.25, 0.3) is 6.43 Å². The summed E-state index contributed by atoms with van der Waals surface area (Å²) in [6.07, 6.45) is 0.416. The van der Waals surface area contributed by atoms with Gasteiger partial charge in [0.05, 0.1) is 24.2 Å². The molecule has 0 aliphatic carbocycles. The number of halogens is 2. The first kappa shape index (κ1) is 25.9. The van der Waals surface area contributed by atoms with E-state index in [1.807, 2.05) is 9.80 Å². The molecule has 6 rings (SSSR count). The van der Waals surface area contributed by atoms with Crippen LogP contribution in [0, 0.1) is 5.92 Å². The van der Waals surface area contributed by atoms with E-state index < -0.39 is 6.43 Å². The van der Waals surface area contributed by atoms with Crippen LogP contribution in [0.3, 0.4) is 0 Å². The number of likely N-dealkylation sites (tertiary alicyclic amines) is 1. The Morgan fingerprint density at radius 1 is 1.00 bits per heavy atom. The molecule has 1 aromatic carbocycles. The van der Waals surface area contributed by atoms with E-state index in [0.717, 1.165) is 32.5 Å². The van der Waals surface area contributed by atoms with Gasteiger partial charge in [-0.15, -0.1) is 0 Å². The molecule has 2 aromatic heterocycles. The summed E-state index contributed by atoms with van der Waals surface area (Å²) in [6, 6.07) is 8.73. The molecule has 1 atom stereocenters. The highest BCUT2D eigenvalue weighted by atomic mass is 19.3. The minimum absolute atomic E-state index is 0.00183. The van der Waals surface area contributed by atoms with Crippen LogP contribution >= 0.6 is 0 Å². The molecule has 3 fully saturated rings. The number of rotatable bonds is 7. The van der Waals surface area contributed by atoms with Gasteiger partial charge in [0.2, 0.25) is 11.9 Å². The lowest BCUT2D eigenvalue weighted by molar-refractivity contribution is -0.131. The van der Waals surface area contributed by atoms with Crippen LogP contribution in [0.4, 0.5) is 20.5 Å². The SMILES string of the molecule is O=C(CC1CCOCC1)N1CC[C@H](Nc2cc(-n3c(C(F)F)nc4ccccc43)nc(N3CCOCC3)n2)C1. The summed E-state index contributed by atoms with van der Waals surface area (Å²) >= 11 is 0. The van der Waals surface area contributed by atoms with Gasteiger partial charge in [0.1, 0.15) is 11.6 Å². The standard InChI is InChI=1S/C27H33F2N7O3/c28-25(29)26-31-20-3-1-2-4-21(20)36(26)23-16-22(32-27(33-23)34-9-13-39-14-10-34)30-19-5-8-35(17-19)24(37)15-18-6-11-38-12-7-18/h1-4,16,18-19,25H,5-15,17H2,(H,30,32,33)/t19-/m0/s1. The first-order valence-electron chi connectivity index (χ1n) is 13.6. The van der Waals surface area contributed by atoms with Crippen LogP contribution < -0.4 is 10.2 Å². The van der Waals surface area contributed by atoms with Crippen molar-refractivity contribution in [3.63, 3.8) is 0 Å². The molecule has 3 aliphatic rings. The van der Waals surface area contributed by atoms with E-state index in [1.165, 1.54) is 4.57 Å². The summed E-state index contributed by atoms with van der Waals surface area (Å²) in [5.41, 5.74) is 1.03. The Morgan fingerprint density at radius 3 is 2.56 bits per heavy atom. The fourth-order valence-corrected chi connectivity index (χ4v) is 5.59. The topological polar surface area (TPSA) is 97.6 Å². The lowest BCUT2D eigenvalue weighted by Crippen LogP contribution is -2.38. The monoisotopic (exact) mass is 541 g/mol. The van der Waals surface area contributed by atoms with E-state index in [9.17, 15) is 13.6 Å². The Kier molecular flexibility index (Phi) is 7.55. The number of carbonyl (C=O) groups is 1. The van der Waals surface area contributed by atoms with E-state index in [-0.39, 0.29) is 17.8 Å². The normalized spacial score (nSPS) is 20.7. The number of nitrogens with one attached hydrogen (secondary N) is 1. The predicted octanol–water partition coefficient (Wildman–Crippen LogP) is 3.42. The van der Waals surface area contributed by atoms with Gasteiger partial charge in [0, 0.05) is 57.9 Å². The number of carbonyl (C=O) groups excluding carboxylic acids is 1. The minimum Gasteiger partial charge on any atom is -0.381 e. The molecule has 1 amide bonds. The number of benzene rings is 1. The molecule has 3 saturated heterocycles. The summed E-state index contributed by atoms with van der Waals surface area (Å²) in [5, 5.41) is 3.46. The van der Waals surface area contributed by atoms with Crippen LogP contribution in [-0.2, 0) is 14.3 Å². The molecule has 0 spiro atoms. The highest BCUT2D eigenvalue weighted by Gasteiger charge is 2.29. The van der Waals surface area contributed by atoms with E-state index >= 15 is 0 Å². The van der Waals surface area contributed by atoms with Crippen LogP contribution in [0.1, 0.15) is 37.9 Å². The second-order valence-corrected chi connectivity index (χ2v) is 10.3. The molecule has 0 unspecified atom stereocenters. The Morgan fingerprint density at radius 2 is 1.77 bits per heavy atom. The van der Waals surface area contributed by atoms with Crippen molar-refractivity contribution in [3.05, 3.63) is 36.2 Å². The predicted molar refractivity (Wildman–Crippen MR) is 141 cm³/mol. The molecule has 5 heterocycles. The minimum atomic E-state index is -2.78. The van der Waals surface area contributed by atoms with Gasteiger partial charge in [-0.3, -0.25) is 9.36 Å². The van der Waals surface area contributed by atoms with E-state index in [2.05, 4.69) is 10.3 Å². The third-order valence-corrected chi connectivity index (χ3v) is 7.70. The van der Waals surface area contributed by atoms with Crippen molar-refractivity contribution in [2.24, 2.45) is 5.92 Å². The largest absolute Gasteiger partial charge is 0.381 e. The zero-order chi connectivity index (χ0) is 26.8. The van der Waals surface area contributed by atoms with Gasteiger partial charge >= 0.3 is 0 Å². The van der Waals surface area contributed by atoms with Gasteiger partial charge < -0.3 is 24.6 Å².